The monoisotopic (exact) mass is 155 g/mol. The first-order valence-corrected chi connectivity index (χ1v) is 4.08. The lowest BCUT2D eigenvalue weighted by atomic mass is 10.0. The van der Waals surface area contributed by atoms with E-state index in [1.807, 2.05) is 26.0 Å². The Balaban J connectivity index is 0.000000461. The number of allylic oxidation sites excluding steroid dienone is 3. The maximum atomic E-state index is 8.64. The highest BCUT2D eigenvalue weighted by atomic mass is 16.3. The van der Waals surface area contributed by atoms with Gasteiger partial charge in [-0.25, -0.2) is 0 Å². The highest BCUT2D eigenvalue weighted by molar-refractivity contribution is 5.22. The molecule has 0 heterocycles. The van der Waals surface area contributed by atoms with Crippen molar-refractivity contribution in [1.29, 1.82) is 0 Å². The van der Waals surface area contributed by atoms with E-state index in [0.29, 0.717) is 0 Å². The molecule has 2 nitrogen and oxygen atoms in total. The van der Waals surface area contributed by atoms with Crippen LogP contribution in [0.5, 0.6) is 0 Å². The summed E-state index contributed by atoms with van der Waals surface area (Å²) in [6, 6.07) is 0. The van der Waals surface area contributed by atoms with Gasteiger partial charge < -0.3 is 10.8 Å². The molecule has 0 amide bonds. The Hall–Kier alpha value is -0.760. The van der Waals surface area contributed by atoms with Crippen molar-refractivity contribution >= 4 is 0 Å². The maximum Gasteiger partial charge on any atom is 0.0644 e. The first-order valence-electron chi connectivity index (χ1n) is 4.08. The summed E-state index contributed by atoms with van der Waals surface area (Å²) in [5.74, 6) is 0. The summed E-state index contributed by atoms with van der Waals surface area (Å²) in [7, 11) is 0. The van der Waals surface area contributed by atoms with Gasteiger partial charge in [-0.2, -0.15) is 0 Å². The lowest BCUT2D eigenvalue weighted by Crippen LogP contribution is -2.03. The molecule has 11 heavy (non-hydrogen) atoms. The summed E-state index contributed by atoms with van der Waals surface area (Å²) < 4.78 is 0. The number of aliphatic hydroxyl groups is 1. The van der Waals surface area contributed by atoms with Crippen LogP contribution in [0.2, 0.25) is 0 Å². The molecular weight excluding hydrogens is 138 g/mol. The number of hydrogen-bond acceptors (Lipinski definition) is 2. The van der Waals surface area contributed by atoms with Crippen molar-refractivity contribution in [3.8, 4) is 0 Å². The molecule has 64 valence electrons. The first kappa shape index (κ1) is 10.2. The Morgan fingerprint density at radius 1 is 1.36 bits per heavy atom. The predicted molar refractivity (Wildman–Crippen MR) is 48.0 cm³/mol. The molecule has 1 aliphatic rings. The lowest BCUT2D eigenvalue weighted by Gasteiger charge is -2.07. The van der Waals surface area contributed by atoms with Crippen LogP contribution in [0.3, 0.4) is 0 Å². The third kappa shape index (κ3) is 3.83. The second-order valence-corrected chi connectivity index (χ2v) is 2.22. The van der Waals surface area contributed by atoms with E-state index in [4.69, 9.17) is 10.8 Å². The van der Waals surface area contributed by atoms with Gasteiger partial charge in [0.05, 0.1) is 6.61 Å². The molecule has 0 aromatic heterocycles. The highest BCUT2D eigenvalue weighted by Crippen LogP contribution is 2.13. The van der Waals surface area contributed by atoms with Crippen molar-refractivity contribution in [3.63, 3.8) is 0 Å². The summed E-state index contributed by atoms with van der Waals surface area (Å²) in [6.07, 6.45) is 5.55. The number of nitrogens with two attached hydrogens (primary N) is 1. The summed E-state index contributed by atoms with van der Waals surface area (Å²) in [5.41, 5.74) is 7.47. The van der Waals surface area contributed by atoms with Crippen LogP contribution in [0, 0.1) is 0 Å². The minimum atomic E-state index is 0.170. The van der Waals surface area contributed by atoms with Gasteiger partial charge in [-0.1, -0.05) is 19.9 Å². The quantitative estimate of drug-likeness (QED) is 0.603. The van der Waals surface area contributed by atoms with Crippen LogP contribution in [-0.2, 0) is 0 Å². The van der Waals surface area contributed by atoms with Gasteiger partial charge in [0.25, 0.3) is 0 Å². The van der Waals surface area contributed by atoms with Crippen LogP contribution < -0.4 is 5.73 Å². The Morgan fingerprint density at radius 3 is 2.36 bits per heavy atom. The highest BCUT2D eigenvalue weighted by Gasteiger charge is 2.00. The molecule has 0 aliphatic heterocycles. The molecule has 0 aromatic carbocycles. The van der Waals surface area contributed by atoms with Gasteiger partial charge in [0.15, 0.2) is 0 Å². The topological polar surface area (TPSA) is 46.2 Å². The van der Waals surface area contributed by atoms with Gasteiger partial charge >= 0.3 is 0 Å². The number of rotatable bonds is 1. The van der Waals surface area contributed by atoms with Crippen molar-refractivity contribution in [2.75, 3.05) is 6.61 Å². The Morgan fingerprint density at radius 2 is 2.00 bits per heavy atom. The number of aliphatic hydroxyl groups excluding tert-OH is 1. The van der Waals surface area contributed by atoms with E-state index >= 15 is 0 Å². The molecule has 1 aliphatic carbocycles. The van der Waals surface area contributed by atoms with Crippen molar-refractivity contribution in [2.45, 2.75) is 26.7 Å². The molecule has 0 unspecified atom stereocenters. The van der Waals surface area contributed by atoms with E-state index in [0.717, 1.165) is 24.1 Å². The molecule has 0 fully saturated rings. The zero-order chi connectivity index (χ0) is 8.69. The van der Waals surface area contributed by atoms with Crippen LogP contribution >= 0.6 is 0 Å². The summed E-state index contributed by atoms with van der Waals surface area (Å²) in [6.45, 7) is 4.17. The van der Waals surface area contributed by atoms with E-state index in [-0.39, 0.29) is 6.61 Å². The normalized spacial score (nSPS) is 15.9. The Labute approximate surface area is 68.4 Å². The van der Waals surface area contributed by atoms with Gasteiger partial charge in [-0.3, -0.25) is 0 Å². The number of hydrogen-bond donors (Lipinski definition) is 2. The molecule has 0 saturated heterocycles. The second kappa shape index (κ2) is 5.98. The van der Waals surface area contributed by atoms with Crippen molar-refractivity contribution in [3.05, 3.63) is 23.4 Å². The van der Waals surface area contributed by atoms with Crippen molar-refractivity contribution in [1.82, 2.24) is 0 Å². The third-order valence-electron chi connectivity index (χ3n) is 1.47. The molecule has 3 N–H and O–H groups in total. The van der Waals surface area contributed by atoms with Crippen LogP contribution in [0.15, 0.2) is 23.4 Å². The summed E-state index contributed by atoms with van der Waals surface area (Å²) >= 11 is 0. The minimum absolute atomic E-state index is 0.170. The fraction of sp³-hybridized carbons (Fsp3) is 0.556. The van der Waals surface area contributed by atoms with Crippen LogP contribution in [-0.4, -0.2) is 11.7 Å². The summed E-state index contributed by atoms with van der Waals surface area (Å²) in [5, 5.41) is 8.64. The fourth-order valence-corrected chi connectivity index (χ4v) is 0.828. The van der Waals surface area contributed by atoms with Gasteiger partial charge in [-0.15, -0.1) is 0 Å². The van der Waals surface area contributed by atoms with E-state index in [9.17, 15) is 0 Å². The van der Waals surface area contributed by atoms with Crippen LogP contribution in [0.25, 0.3) is 0 Å². The van der Waals surface area contributed by atoms with Crippen LogP contribution in [0.4, 0.5) is 0 Å². The zero-order valence-electron chi connectivity index (χ0n) is 7.30. The first-order chi connectivity index (χ1) is 5.33. The van der Waals surface area contributed by atoms with Gasteiger partial charge in [-0.05, 0) is 24.5 Å². The molecule has 0 atom stereocenters. The van der Waals surface area contributed by atoms with E-state index in [1.165, 1.54) is 0 Å². The average molecular weight is 155 g/mol. The van der Waals surface area contributed by atoms with Crippen LogP contribution in [0.1, 0.15) is 26.7 Å². The van der Waals surface area contributed by atoms with E-state index in [1.54, 1.807) is 0 Å². The van der Waals surface area contributed by atoms with Gasteiger partial charge in [0.1, 0.15) is 0 Å². The fourth-order valence-electron chi connectivity index (χ4n) is 0.828. The zero-order valence-corrected chi connectivity index (χ0v) is 7.30. The predicted octanol–water partition coefficient (Wildman–Crippen LogP) is 1.57. The van der Waals surface area contributed by atoms with E-state index < -0.39 is 0 Å². The van der Waals surface area contributed by atoms with Crippen molar-refractivity contribution < 1.29 is 5.11 Å². The van der Waals surface area contributed by atoms with Gasteiger partial charge in [0.2, 0.25) is 0 Å². The molecule has 0 bridgehead atoms. The molecule has 0 spiro atoms. The van der Waals surface area contributed by atoms with E-state index in [2.05, 4.69) is 0 Å². The SMILES string of the molecule is CC.NC1=CC=C(CO)CC1. The average Bonchev–Trinajstić information content (AvgIpc) is 2.10. The molecular formula is C9H17NO. The molecule has 2 heteroatoms. The standard InChI is InChI=1S/C7H11NO.C2H6/c8-7-3-1-6(5-9)2-4-7;1-2/h1,3,9H,2,4-5,8H2;1-2H3. The van der Waals surface area contributed by atoms with Gasteiger partial charge in [0, 0.05) is 5.70 Å². The third-order valence-corrected chi connectivity index (χ3v) is 1.47. The Kier molecular flexibility index (Phi) is 5.57. The molecule has 0 aromatic rings. The maximum absolute atomic E-state index is 8.64. The second-order valence-electron chi connectivity index (χ2n) is 2.22. The summed E-state index contributed by atoms with van der Waals surface area (Å²) in [4.78, 5) is 0. The molecule has 1 rings (SSSR count). The molecule has 0 radical (unpaired) electrons. The Bertz CT molecular complexity index is 159. The lowest BCUT2D eigenvalue weighted by molar-refractivity contribution is 0.326. The van der Waals surface area contributed by atoms with Crippen molar-refractivity contribution in [2.24, 2.45) is 5.73 Å². The smallest absolute Gasteiger partial charge is 0.0644 e. The minimum Gasteiger partial charge on any atom is -0.402 e. The molecule has 0 saturated carbocycles. The largest absolute Gasteiger partial charge is 0.402 e.